The summed E-state index contributed by atoms with van der Waals surface area (Å²) in [7, 11) is 1.32. The van der Waals surface area contributed by atoms with Crippen LogP contribution in [-0.4, -0.2) is 31.4 Å². The van der Waals surface area contributed by atoms with E-state index in [2.05, 4.69) is 27.7 Å². The van der Waals surface area contributed by atoms with Crippen LogP contribution >= 0.6 is 0 Å². The van der Waals surface area contributed by atoms with Gasteiger partial charge >= 0.3 is 12.1 Å². The van der Waals surface area contributed by atoms with Gasteiger partial charge in [-0.15, -0.1) is 0 Å². The lowest BCUT2D eigenvalue weighted by molar-refractivity contribution is -0.153. The van der Waals surface area contributed by atoms with E-state index in [9.17, 15) is 9.59 Å². The van der Waals surface area contributed by atoms with Crippen molar-refractivity contribution in [3.05, 3.63) is 0 Å². The molecule has 0 spiro atoms. The third-order valence-electron chi connectivity index (χ3n) is 5.73. The van der Waals surface area contributed by atoms with Gasteiger partial charge in [-0.2, -0.15) is 0 Å². The van der Waals surface area contributed by atoms with E-state index in [0.717, 1.165) is 32.1 Å². The number of esters is 1. The Hall–Kier alpha value is -1.26. The number of hydrogen-bond donors (Lipinski definition) is 0. The van der Waals surface area contributed by atoms with Crippen LogP contribution in [0.4, 0.5) is 4.79 Å². The van der Waals surface area contributed by atoms with Crippen LogP contribution in [0, 0.1) is 17.8 Å². The first-order valence-electron chi connectivity index (χ1n) is 10.8. The Bertz CT molecular complexity index is 434. The molecule has 0 amide bonds. The topological polar surface area (TPSA) is 61.8 Å². The van der Waals surface area contributed by atoms with Gasteiger partial charge in [0.15, 0.2) is 0 Å². The van der Waals surface area contributed by atoms with E-state index in [0.29, 0.717) is 24.2 Å². The molecule has 0 unspecified atom stereocenters. The molecule has 0 aromatic carbocycles. The second kappa shape index (κ2) is 13.0. The Morgan fingerprint density at radius 1 is 1.04 bits per heavy atom. The van der Waals surface area contributed by atoms with Crippen LogP contribution in [0.3, 0.4) is 0 Å². The number of methoxy groups -OCH3 is 1. The maximum Gasteiger partial charge on any atom is 0.509 e. The van der Waals surface area contributed by atoms with E-state index >= 15 is 0 Å². The molecule has 0 N–H and O–H groups in total. The number of carbonyl (C=O) groups is 2. The molecular formula is C22H40O5. The van der Waals surface area contributed by atoms with E-state index in [1.807, 2.05) is 0 Å². The van der Waals surface area contributed by atoms with Gasteiger partial charge in [0.05, 0.1) is 7.11 Å². The molecular weight excluding hydrogens is 344 g/mol. The Balaban J connectivity index is 2.50. The van der Waals surface area contributed by atoms with E-state index in [4.69, 9.17) is 14.2 Å². The average Bonchev–Trinajstić information content (AvgIpc) is 2.62. The predicted octanol–water partition coefficient (Wildman–Crippen LogP) is 5.89. The molecule has 158 valence electrons. The van der Waals surface area contributed by atoms with E-state index in [-0.39, 0.29) is 6.10 Å². The summed E-state index contributed by atoms with van der Waals surface area (Å²) in [5.41, 5.74) is 0. The van der Waals surface area contributed by atoms with Crippen molar-refractivity contribution < 1.29 is 23.8 Å². The zero-order chi connectivity index (χ0) is 20.2. The van der Waals surface area contributed by atoms with E-state index in [1.54, 1.807) is 0 Å². The number of unbranched alkanes of at least 4 members (excludes halogenated alkanes) is 5. The molecule has 5 heteroatoms. The van der Waals surface area contributed by atoms with Gasteiger partial charge in [0.2, 0.25) is 6.10 Å². The summed E-state index contributed by atoms with van der Waals surface area (Å²) in [6, 6.07) is 0. The fourth-order valence-corrected chi connectivity index (χ4v) is 3.98. The van der Waals surface area contributed by atoms with Gasteiger partial charge < -0.3 is 14.2 Å². The number of hydrogen-bond acceptors (Lipinski definition) is 5. The van der Waals surface area contributed by atoms with Crippen LogP contribution < -0.4 is 0 Å². The van der Waals surface area contributed by atoms with Gasteiger partial charge in [0.25, 0.3) is 0 Å². The predicted molar refractivity (Wildman–Crippen MR) is 106 cm³/mol. The molecule has 0 saturated heterocycles. The fourth-order valence-electron chi connectivity index (χ4n) is 3.98. The lowest BCUT2D eigenvalue weighted by Crippen LogP contribution is -2.37. The van der Waals surface area contributed by atoms with Crippen molar-refractivity contribution in [1.82, 2.24) is 0 Å². The van der Waals surface area contributed by atoms with Gasteiger partial charge in [0, 0.05) is 0 Å². The van der Waals surface area contributed by atoms with E-state index < -0.39 is 18.2 Å². The van der Waals surface area contributed by atoms with Crippen LogP contribution in [0.5, 0.6) is 0 Å². The van der Waals surface area contributed by atoms with Crippen molar-refractivity contribution in [2.45, 2.75) is 104 Å². The lowest BCUT2D eigenvalue weighted by Gasteiger charge is -2.36. The molecule has 0 heterocycles. The van der Waals surface area contributed by atoms with Crippen molar-refractivity contribution in [1.29, 1.82) is 0 Å². The Morgan fingerprint density at radius 3 is 2.33 bits per heavy atom. The highest BCUT2D eigenvalue weighted by atomic mass is 16.7. The molecule has 1 fully saturated rings. The number of carbonyl (C=O) groups excluding carboxylic acids is 2. The molecule has 0 aliphatic heterocycles. The first kappa shape index (κ1) is 23.8. The number of ether oxygens (including phenoxy) is 3. The molecule has 4 atom stereocenters. The minimum absolute atomic E-state index is 0.131. The zero-order valence-electron chi connectivity index (χ0n) is 18.0. The highest BCUT2D eigenvalue weighted by Crippen LogP contribution is 2.35. The van der Waals surface area contributed by atoms with Crippen LogP contribution in [0.15, 0.2) is 0 Å². The summed E-state index contributed by atoms with van der Waals surface area (Å²) in [5.74, 6) is 0.842. The quantitative estimate of drug-likeness (QED) is 0.328. The van der Waals surface area contributed by atoms with Gasteiger partial charge in [0.1, 0.15) is 6.10 Å². The Morgan fingerprint density at radius 2 is 1.70 bits per heavy atom. The van der Waals surface area contributed by atoms with Gasteiger partial charge in [-0.05, 0) is 43.4 Å². The van der Waals surface area contributed by atoms with Gasteiger partial charge in [-0.25, -0.2) is 9.59 Å². The first-order valence-corrected chi connectivity index (χ1v) is 10.8. The molecule has 1 aliphatic rings. The van der Waals surface area contributed by atoms with Crippen LogP contribution in [0.2, 0.25) is 0 Å². The third kappa shape index (κ3) is 8.98. The van der Waals surface area contributed by atoms with Gasteiger partial charge in [-0.3, -0.25) is 0 Å². The Kier molecular flexibility index (Phi) is 11.5. The maximum atomic E-state index is 12.3. The van der Waals surface area contributed by atoms with Crippen molar-refractivity contribution >= 4 is 12.1 Å². The molecule has 0 radical (unpaired) electrons. The first-order chi connectivity index (χ1) is 12.9. The van der Waals surface area contributed by atoms with Crippen molar-refractivity contribution in [3.8, 4) is 0 Å². The lowest BCUT2D eigenvalue weighted by atomic mass is 9.75. The molecule has 1 aliphatic carbocycles. The minimum atomic E-state index is -0.868. The fraction of sp³-hybridized carbons (Fsp3) is 0.909. The molecule has 1 rings (SSSR count). The van der Waals surface area contributed by atoms with Crippen molar-refractivity contribution in [3.63, 3.8) is 0 Å². The summed E-state index contributed by atoms with van der Waals surface area (Å²) in [4.78, 5) is 24.3. The zero-order valence-corrected chi connectivity index (χ0v) is 18.0. The van der Waals surface area contributed by atoms with Crippen molar-refractivity contribution in [2.24, 2.45) is 17.8 Å². The van der Waals surface area contributed by atoms with Crippen LogP contribution in [-0.2, 0) is 19.0 Å². The second-order valence-electron chi connectivity index (χ2n) is 8.42. The maximum absolute atomic E-state index is 12.3. The molecule has 0 bridgehead atoms. The van der Waals surface area contributed by atoms with Crippen LogP contribution in [0.1, 0.15) is 91.9 Å². The third-order valence-corrected chi connectivity index (χ3v) is 5.73. The Labute approximate surface area is 165 Å². The number of rotatable bonds is 11. The SMILES string of the molecule is CCCCCCCC[C@H](OC(=O)O[C@@H]1C[C@H](C)CC[C@H]1C(C)C)C(=O)OC. The van der Waals surface area contributed by atoms with Gasteiger partial charge in [-0.1, -0.05) is 66.2 Å². The average molecular weight is 385 g/mol. The van der Waals surface area contributed by atoms with Crippen molar-refractivity contribution in [2.75, 3.05) is 7.11 Å². The molecule has 5 nitrogen and oxygen atoms in total. The standard InChI is InChI=1S/C22H40O5/c1-6-7-8-9-10-11-12-19(21(23)25-5)26-22(24)27-20-15-17(4)13-14-18(20)16(2)3/h16-20H,6-15H2,1-5H3/t17-,18+,19+,20-/m1/s1. The summed E-state index contributed by atoms with van der Waals surface area (Å²) in [6.07, 6.45) is 8.50. The monoisotopic (exact) mass is 384 g/mol. The molecule has 27 heavy (non-hydrogen) atoms. The largest absolute Gasteiger partial charge is 0.509 e. The smallest absolute Gasteiger partial charge is 0.466 e. The minimum Gasteiger partial charge on any atom is -0.466 e. The second-order valence-corrected chi connectivity index (χ2v) is 8.42. The highest BCUT2D eigenvalue weighted by molar-refractivity contribution is 5.77. The summed E-state index contributed by atoms with van der Waals surface area (Å²) >= 11 is 0. The normalized spacial score (nSPS) is 23.7. The molecule has 0 aromatic heterocycles. The van der Waals surface area contributed by atoms with E-state index in [1.165, 1.54) is 32.8 Å². The summed E-state index contributed by atoms with van der Waals surface area (Å²) in [5, 5.41) is 0. The van der Waals surface area contributed by atoms with Crippen LogP contribution in [0.25, 0.3) is 0 Å². The molecule has 1 saturated carbocycles. The highest BCUT2D eigenvalue weighted by Gasteiger charge is 2.35. The summed E-state index contributed by atoms with van der Waals surface area (Å²) < 4.78 is 15.8. The molecule has 0 aromatic rings. The summed E-state index contributed by atoms with van der Waals surface area (Å²) in [6.45, 7) is 8.70.